The van der Waals surface area contributed by atoms with Crippen molar-refractivity contribution in [2.45, 2.75) is 6.04 Å². The lowest BCUT2D eigenvalue weighted by Gasteiger charge is -2.15. The zero-order valence-corrected chi connectivity index (χ0v) is 7.76. The van der Waals surface area contributed by atoms with Gasteiger partial charge >= 0.3 is 0 Å². The van der Waals surface area contributed by atoms with Crippen molar-refractivity contribution < 1.29 is 13.5 Å². The van der Waals surface area contributed by atoms with E-state index in [0.717, 1.165) is 6.07 Å². The molecule has 0 saturated heterocycles. The Labute approximate surface area is 80.8 Å². The second-order valence-corrected chi connectivity index (χ2v) is 2.88. The van der Waals surface area contributed by atoms with Crippen LogP contribution < -0.4 is 11.3 Å². The molecule has 0 radical (unpaired) electrons. The van der Waals surface area contributed by atoms with Crippen molar-refractivity contribution >= 4 is 0 Å². The van der Waals surface area contributed by atoms with E-state index in [1.165, 1.54) is 19.2 Å². The molecule has 0 bridgehead atoms. The second kappa shape index (κ2) is 4.99. The van der Waals surface area contributed by atoms with E-state index in [1.54, 1.807) is 0 Å². The minimum atomic E-state index is -0.628. The first-order valence-corrected chi connectivity index (χ1v) is 4.08. The van der Waals surface area contributed by atoms with Crippen LogP contribution in [0.5, 0.6) is 0 Å². The van der Waals surface area contributed by atoms with Crippen molar-refractivity contribution in [2.75, 3.05) is 13.7 Å². The average molecular weight is 202 g/mol. The summed E-state index contributed by atoms with van der Waals surface area (Å²) >= 11 is 0. The Balaban J connectivity index is 2.91. The summed E-state index contributed by atoms with van der Waals surface area (Å²) in [6.45, 7) is 0.249. The summed E-state index contributed by atoms with van der Waals surface area (Å²) in [6.07, 6.45) is 0. The summed E-state index contributed by atoms with van der Waals surface area (Å²) in [7, 11) is 1.49. The number of hydrogen-bond donors (Lipinski definition) is 2. The van der Waals surface area contributed by atoms with E-state index in [4.69, 9.17) is 10.6 Å². The average Bonchev–Trinajstić information content (AvgIpc) is 2.12. The van der Waals surface area contributed by atoms with E-state index in [1.807, 2.05) is 0 Å². The van der Waals surface area contributed by atoms with Crippen LogP contribution in [0, 0.1) is 11.6 Å². The summed E-state index contributed by atoms with van der Waals surface area (Å²) < 4.78 is 30.5. The Morgan fingerprint density at radius 2 is 1.93 bits per heavy atom. The van der Waals surface area contributed by atoms with Crippen LogP contribution in [-0.4, -0.2) is 13.7 Å². The molecule has 0 aliphatic carbocycles. The van der Waals surface area contributed by atoms with Gasteiger partial charge < -0.3 is 4.74 Å². The van der Waals surface area contributed by atoms with Gasteiger partial charge in [0.05, 0.1) is 12.6 Å². The highest BCUT2D eigenvalue weighted by Crippen LogP contribution is 2.15. The molecule has 0 aliphatic rings. The number of rotatable bonds is 4. The fourth-order valence-electron chi connectivity index (χ4n) is 1.18. The number of methoxy groups -OCH3 is 1. The molecule has 78 valence electrons. The van der Waals surface area contributed by atoms with Crippen LogP contribution in [0.1, 0.15) is 11.6 Å². The van der Waals surface area contributed by atoms with Gasteiger partial charge in [0.25, 0.3) is 0 Å². The van der Waals surface area contributed by atoms with Crippen LogP contribution in [0.25, 0.3) is 0 Å². The molecule has 0 aliphatic heterocycles. The summed E-state index contributed by atoms with van der Waals surface area (Å²) in [5, 5.41) is 0. The molecule has 5 heteroatoms. The van der Waals surface area contributed by atoms with Crippen molar-refractivity contribution in [2.24, 2.45) is 5.84 Å². The quantitative estimate of drug-likeness (QED) is 0.568. The van der Waals surface area contributed by atoms with Crippen molar-refractivity contribution in [1.82, 2.24) is 5.43 Å². The van der Waals surface area contributed by atoms with Gasteiger partial charge in [-0.2, -0.15) is 0 Å². The standard InChI is InChI=1S/C9H12F2N2O/c1-14-5-9(13-12)6-2-7(10)4-8(11)3-6/h2-4,9,13H,5,12H2,1H3. The second-order valence-electron chi connectivity index (χ2n) is 2.88. The molecule has 0 saturated carbocycles. The minimum Gasteiger partial charge on any atom is -0.383 e. The molecule has 3 N–H and O–H groups in total. The maximum Gasteiger partial charge on any atom is 0.126 e. The summed E-state index contributed by atoms with van der Waals surface area (Å²) in [5.41, 5.74) is 2.84. The van der Waals surface area contributed by atoms with Crippen LogP contribution in [0.2, 0.25) is 0 Å². The molecule has 0 amide bonds. The van der Waals surface area contributed by atoms with Gasteiger partial charge in [-0.1, -0.05) is 0 Å². The van der Waals surface area contributed by atoms with Gasteiger partial charge in [-0.3, -0.25) is 11.3 Å². The molecule has 14 heavy (non-hydrogen) atoms. The van der Waals surface area contributed by atoms with Crippen LogP contribution in [0.15, 0.2) is 18.2 Å². The lowest BCUT2D eigenvalue weighted by molar-refractivity contribution is 0.167. The molecule has 0 spiro atoms. The Kier molecular flexibility index (Phi) is 3.94. The number of nitrogens with two attached hydrogens (primary N) is 1. The van der Waals surface area contributed by atoms with Gasteiger partial charge in [-0.05, 0) is 17.7 Å². The molecule has 1 atom stereocenters. The normalized spacial score (nSPS) is 12.9. The molecule has 1 unspecified atom stereocenters. The summed E-state index contributed by atoms with van der Waals surface area (Å²) in [5.74, 6) is 3.96. The molecular weight excluding hydrogens is 190 g/mol. The number of nitrogens with one attached hydrogen (secondary N) is 1. The SMILES string of the molecule is COCC(NN)c1cc(F)cc(F)c1. The van der Waals surface area contributed by atoms with Gasteiger partial charge in [0.2, 0.25) is 0 Å². The number of benzene rings is 1. The van der Waals surface area contributed by atoms with Crippen molar-refractivity contribution in [3.8, 4) is 0 Å². The molecule has 1 aromatic carbocycles. The Bertz CT molecular complexity index is 287. The molecule has 3 nitrogen and oxygen atoms in total. The predicted molar refractivity (Wildman–Crippen MR) is 48.3 cm³/mol. The first-order valence-electron chi connectivity index (χ1n) is 4.08. The maximum absolute atomic E-state index is 12.8. The van der Waals surface area contributed by atoms with E-state index in [0.29, 0.717) is 5.56 Å². The highest BCUT2D eigenvalue weighted by Gasteiger charge is 2.11. The van der Waals surface area contributed by atoms with Gasteiger partial charge in [0.1, 0.15) is 11.6 Å². The smallest absolute Gasteiger partial charge is 0.126 e. The topological polar surface area (TPSA) is 47.3 Å². The van der Waals surface area contributed by atoms with Gasteiger partial charge in [0, 0.05) is 13.2 Å². The van der Waals surface area contributed by atoms with Crippen molar-refractivity contribution in [1.29, 1.82) is 0 Å². The van der Waals surface area contributed by atoms with Crippen molar-refractivity contribution in [3.05, 3.63) is 35.4 Å². The zero-order chi connectivity index (χ0) is 10.6. The van der Waals surface area contributed by atoms with E-state index >= 15 is 0 Å². The fraction of sp³-hybridized carbons (Fsp3) is 0.333. The van der Waals surface area contributed by atoms with E-state index in [2.05, 4.69) is 5.43 Å². The lowest BCUT2D eigenvalue weighted by atomic mass is 10.1. The third-order valence-corrected chi connectivity index (χ3v) is 1.82. The van der Waals surface area contributed by atoms with Crippen LogP contribution in [0.4, 0.5) is 8.78 Å². The van der Waals surface area contributed by atoms with E-state index < -0.39 is 17.7 Å². The first kappa shape index (κ1) is 11.0. The molecule has 0 heterocycles. The molecule has 1 aromatic rings. The largest absolute Gasteiger partial charge is 0.383 e. The monoisotopic (exact) mass is 202 g/mol. The number of hydrazine groups is 1. The highest BCUT2D eigenvalue weighted by atomic mass is 19.1. The highest BCUT2D eigenvalue weighted by molar-refractivity contribution is 5.21. The molecular formula is C9H12F2N2O. The number of ether oxygens (including phenoxy) is 1. The number of halogens is 2. The third kappa shape index (κ3) is 2.73. The van der Waals surface area contributed by atoms with Gasteiger partial charge in [0.15, 0.2) is 0 Å². The molecule has 0 fully saturated rings. The Morgan fingerprint density at radius 3 is 2.36 bits per heavy atom. The minimum absolute atomic E-state index is 0.249. The Morgan fingerprint density at radius 1 is 1.36 bits per heavy atom. The van der Waals surface area contributed by atoms with Crippen LogP contribution in [-0.2, 0) is 4.74 Å². The zero-order valence-electron chi connectivity index (χ0n) is 7.76. The lowest BCUT2D eigenvalue weighted by Crippen LogP contribution is -2.31. The molecule has 0 aromatic heterocycles. The van der Waals surface area contributed by atoms with E-state index in [9.17, 15) is 8.78 Å². The maximum atomic E-state index is 12.8. The van der Waals surface area contributed by atoms with Gasteiger partial charge in [-0.25, -0.2) is 8.78 Å². The fourth-order valence-corrected chi connectivity index (χ4v) is 1.18. The predicted octanol–water partition coefficient (Wildman–Crippen LogP) is 1.12. The summed E-state index contributed by atoms with van der Waals surface area (Å²) in [4.78, 5) is 0. The summed E-state index contributed by atoms with van der Waals surface area (Å²) in [6, 6.07) is 2.83. The Hall–Kier alpha value is -1.04. The third-order valence-electron chi connectivity index (χ3n) is 1.82. The van der Waals surface area contributed by atoms with Crippen molar-refractivity contribution in [3.63, 3.8) is 0 Å². The van der Waals surface area contributed by atoms with Crippen LogP contribution >= 0.6 is 0 Å². The molecule has 1 rings (SSSR count). The van der Waals surface area contributed by atoms with Crippen LogP contribution in [0.3, 0.4) is 0 Å². The first-order chi connectivity index (χ1) is 6.67. The van der Waals surface area contributed by atoms with E-state index in [-0.39, 0.29) is 6.61 Å². The van der Waals surface area contributed by atoms with Gasteiger partial charge in [-0.15, -0.1) is 0 Å². The number of hydrogen-bond acceptors (Lipinski definition) is 3.